The van der Waals surface area contributed by atoms with Gasteiger partial charge in [0, 0.05) is 10.7 Å². The summed E-state index contributed by atoms with van der Waals surface area (Å²) in [6, 6.07) is 5.63. The van der Waals surface area contributed by atoms with Crippen molar-refractivity contribution in [2.75, 3.05) is 0 Å². The molecule has 0 radical (unpaired) electrons. The molecular formula is C12H10ClFN2O2. The molecule has 0 aliphatic rings. The molecular weight excluding hydrogens is 259 g/mol. The van der Waals surface area contributed by atoms with E-state index in [1.807, 2.05) is 0 Å². The summed E-state index contributed by atoms with van der Waals surface area (Å²) in [5.74, 6) is -0.618. The molecule has 0 unspecified atom stereocenters. The Morgan fingerprint density at radius 1 is 1.33 bits per heavy atom. The highest BCUT2D eigenvalue weighted by Gasteiger charge is 2.09. The molecule has 0 fully saturated rings. The highest BCUT2D eigenvalue weighted by molar-refractivity contribution is 6.30. The van der Waals surface area contributed by atoms with E-state index < -0.39 is 5.82 Å². The first-order valence-corrected chi connectivity index (χ1v) is 5.54. The number of aromatic nitrogens is 2. The minimum atomic E-state index is -0.599. The van der Waals surface area contributed by atoms with E-state index in [0.717, 1.165) is 6.07 Å². The van der Waals surface area contributed by atoms with Crippen LogP contribution >= 0.6 is 11.6 Å². The third kappa shape index (κ3) is 2.94. The average Bonchev–Trinajstić information content (AvgIpc) is 2.32. The molecule has 4 nitrogen and oxygen atoms in total. The first-order valence-electron chi connectivity index (χ1n) is 5.17. The van der Waals surface area contributed by atoms with E-state index in [0.29, 0.717) is 11.4 Å². The van der Waals surface area contributed by atoms with Gasteiger partial charge < -0.3 is 9.84 Å². The number of benzene rings is 1. The zero-order chi connectivity index (χ0) is 13.1. The van der Waals surface area contributed by atoms with Gasteiger partial charge in [-0.15, -0.1) is 0 Å². The van der Waals surface area contributed by atoms with Crippen molar-refractivity contribution in [1.29, 1.82) is 0 Å². The van der Waals surface area contributed by atoms with Crippen LogP contribution in [0.1, 0.15) is 11.4 Å². The van der Waals surface area contributed by atoms with Crippen LogP contribution in [0.5, 0.6) is 11.8 Å². The van der Waals surface area contributed by atoms with Crippen LogP contribution in [0.2, 0.25) is 5.02 Å². The van der Waals surface area contributed by atoms with Crippen LogP contribution in [0.3, 0.4) is 0 Å². The second-order valence-corrected chi connectivity index (χ2v) is 4.05. The smallest absolute Gasteiger partial charge is 0.322 e. The minimum Gasteiger partial charge on any atom is -0.421 e. The Kier molecular flexibility index (Phi) is 3.74. The van der Waals surface area contributed by atoms with Gasteiger partial charge in [0.05, 0.1) is 12.3 Å². The average molecular weight is 269 g/mol. The van der Waals surface area contributed by atoms with E-state index in [-0.39, 0.29) is 23.4 Å². The maximum absolute atomic E-state index is 13.5. The standard InChI is InChI=1S/C12H10ClFN2O2/c1-7-4-9(6-17)16-12(15-7)18-11-3-2-8(13)5-10(11)14/h2-5,17H,6H2,1H3. The van der Waals surface area contributed by atoms with Gasteiger partial charge in [0.25, 0.3) is 0 Å². The van der Waals surface area contributed by atoms with Crippen molar-refractivity contribution in [3.63, 3.8) is 0 Å². The molecule has 18 heavy (non-hydrogen) atoms. The zero-order valence-corrected chi connectivity index (χ0v) is 10.3. The lowest BCUT2D eigenvalue weighted by Crippen LogP contribution is -1.99. The van der Waals surface area contributed by atoms with Crippen molar-refractivity contribution in [2.24, 2.45) is 0 Å². The van der Waals surface area contributed by atoms with Crippen LogP contribution in [0, 0.1) is 12.7 Å². The molecule has 0 saturated carbocycles. The van der Waals surface area contributed by atoms with E-state index >= 15 is 0 Å². The zero-order valence-electron chi connectivity index (χ0n) is 9.52. The van der Waals surface area contributed by atoms with E-state index in [1.165, 1.54) is 12.1 Å². The molecule has 1 N–H and O–H groups in total. The number of ether oxygens (including phenoxy) is 1. The van der Waals surface area contributed by atoms with Gasteiger partial charge in [-0.1, -0.05) is 11.6 Å². The molecule has 0 amide bonds. The number of aliphatic hydroxyl groups is 1. The molecule has 0 aliphatic carbocycles. The van der Waals surface area contributed by atoms with Crippen LogP contribution in [-0.2, 0) is 6.61 Å². The Morgan fingerprint density at radius 2 is 2.11 bits per heavy atom. The van der Waals surface area contributed by atoms with Gasteiger partial charge in [-0.05, 0) is 31.2 Å². The molecule has 1 heterocycles. The van der Waals surface area contributed by atoms with E-state index in [1.54, 1.807) is 13.0 Å². The fourth-order valence-corrected chi connectivity index (χ4v) is 1.55. The van der Waals surface area contributed by atoms with Crippen molar-refractivity contribution in [3.8, 4) is 11.8 Å². The number of hydrogen-bond acceptors (Lipinski definition) is 4. The number of rotatable bonds is 3. The van der Waals surface area contributed by atoms with E-state index in [9.17, 15) is 4.39 Å². The predicted octanol–water partition coefficient (Wildman–Crippen LogP) is 2.86. The second kappa shape index (κ2) is 5.29. The number of nitrogens with zero attached hydrogens (tertiary/aromatic N) is 2. The number of halogens is 2. The predicted molar refractivity (Wildman–Crippen MR) is 64.2 cm³/mol. The maximum atomic E-state index is 13.5. The summed E-state index contributed by atoms with van der Waals surface area (Å²) in [5.41, 5.74) is 1.03. The Bertz CT molecular complexity index is 578. The van der Waals surface area contributed by atoms with Gasteiger partial charge in [0.1, 0.15) is 0 Å². The van der Waals surface area contributed by atoms with Crippen molar-refractivity contribution in [2.45, 2.75) is 13.5 Å². The molecule has 0 bridgehead atoms. The fraction of sp³-hybridized carbons (Fsp3) is 0.167. The molecule has 1 aromatic heterocycles. The summed E-state index contributed by atoms with van der Waals surface area (Å²) in [6.45, 7) is 1.49. The van der Waals surface area contributed by atoms with Crippen molar-refractivity contribution >= 4 is 11.6 Å². The summed E-state index contributed by atoms with van der Waals surface area (Å²) >= 11 is 5.63. The molecule has 2 aromatic rings. The summed E-state index contributed by atoms with van der Waals surface area (Å²) < 4.78 is 18.7. The molecule has 2 rings (SSSR count). The molecule has 1 aromatic carbocycles. The highest BCUT2D eigenvalue weighted by Crippen LogP contribution is 2.24. The topological polar surface area (TPSA) is 55.2 Å². The third-order valence-corrected chi connectivity index (χ3v) is 2.38. The van der Waals surface area contributed by atoms with E-state index in [4.69, 9.17) is 21.4 Å². The molecule has 0 spiro atoms. The lowest BCUT2D eigenvalue weighted by Gasteiger charge is -2.07. The Balaban J connectivity index is 2.30. The number of hydrogen-bond donors (Lipinski definition) is 1. The Hall–Kier alpha value is -1.72. The van der Waals surface area contributed by atoms with Gasteiger partial charge >= 0.3 is 6.01 Å². The second-order valence-electron chi connectivity index (χ2n) is 3.62. The summed E-state index contributed by atoms with van der Waals surface area (Å²) in [6.07, 6.45) is 0. The van der Waals surface area contributed by atoms with E-state index in [2.05, 4.69) is 9.97 Å². The summed E-state index contributed by atoms with van der Waals surface area (Å²) in [5, 5.41) is 9.28. The van der Waals surface area contributed by atoms with Crippen molar-refractivity contribution in [1.82, 2.24) is 9.97 Å². The molecule has 6 heteroatoms. The van der Waals surface area contributed by atoms with Crippen molar-refractivity contribution in [3.05, 3.63) is 46.5 Å². The normalized spacial score (nSPS) is 10.4. The summed E-state index contributed by atoms with van der Waals surface area (Å²) in [7, 11) is 0. The van der Waals surface area contributed by atoms with Crippen LogP contribution in [0.25, 0.3) is 0 Å². The van der Waals surface area contributed by atoms with Gasteiger partial charge in [-0.2, -0.15) is 4.98 Å². The number of aryl methyl sites for hydroxylation is 1. The summed E-state index contributed by atoms with van der Waals surface area (Å²) in [4.78, 5) is 7.92. The number of aliphatic hydroxyl groups excluding tert-OH is 1. The fourth-order valence-electron chi connectivity index (χ4n) is 1.39. The highest BCUT2D eigenvalue weighted by atomic mass is 35.5. The largest absolute Gasteiger partial charge is 0.421 e. The van der Waals surface area contributed by atoms with Crippen LogP contribution in [0.15, 0.2) is 24.3 Å². The van der Waals surface area contributed by atoms with Gasteiger partial charge in [0.2, 0.25) is 0 Å². The van der Waals surface area contributed by atoms with Crippen LogP contribution < -0.4 is 4.74 Å². The van der Waals surface area contributed by atoms with Crippen LogP contribution in [-0.4, -0.2) is 15.1 Å². The third-order valence-electron chi connectivity index (χ3n) is 2.14. The molecule has 0 atom stereocenters. The lowest BCUT2D eigenvalue weighted by atomic mass is 10.3. The molecule has 94 valence electrons. The van der Waals surface area contributed by atoms with Crippen molar-refractivity contribution < 1.29 is 14.2 Å². The van der Waals surface area contributed by atoms with Gasteiger partial charge in [-0.25, -0.2) is 9.37 Å². The Morgan fingerprint density at radius 3 is 2.78 bits per heavy atom. The lowest BCUT2D eigenvalue weighted by molar-refractivity contribution is 0.274. The first kappa shape index (κ1) is 12.7. The minimum absolute atomic E-state index is 0.0136. The van der Waals surface area contributed by atoms with Crippen LogP contribution in [0.4, 0.5) is 4.39 Å². The molecule has 0 aliphatic heterocycles. The Labute approximate surface area is 108 Å². The quantitative estimate of drug-likeness (QED) is 0.930. The van der Waals surface area contributed by atoms with Gasteiger partial charge in [-0.3, -0.25) is 0 Å². The first-order chi connectivity index (χ1) is 8.58. The van der Waals surface area contributed by atoms with Gasteiger partial charge in [0.15, 0.2) is 11.6 Å². The monoisotopic (exact) mass is 268 g/mol. The molecule has 0 saturated heterocycles. The maximum Gasteiger partial charge on any atom is 0.322 e. The SMILES string of the molecule is Cc1cc(CO)nc(Oc2ccc(Cl)cc2F)n1.